The van der Waals surface area contributed by atoms with E-state index >= 15 is 0 Å². The Kier molecular flexibility index (Phi) is 8.79. The van der Waals surface area contributed by atoms with Gasteiger partial charge in [0.1, 0.15) is 12.0 Å². The van der Waals surface area contributed by atoms with E-state index in [0.29, 0.717) is 23.5 Å². The number of rotatable bonds is 8. The Morgan fingerprint density at radius 2 is 1.66 bits per heavy atom. The van der Waals surface area contributed by atoms with Gasteiger partial charge in [-0.25, -0.2) is 4.79 Å². The van der Waals surface area contributed by atoms with Crippen LogP contribution in [0.2, 0.25) is 0 Å². The number of ketones is 1. The normalized spacial score (nSPS) is 31.2. The monoisotopic (exact) mass is 456 g/mol. The number of hydrogen-bond acceptors (Lipinski definition) is 7. The molecule has 1 atom stereocenters. The van der Waals surface area contributed by atoms with Crippen LogP contribution in [-0.4, -0.2) is 41.4 Å². The first-order valence-electron chi connectivity index (χ1n) is 9.74. The molecule has 0 aromatic heterocycles. The van der Waals surface area contributed by atoms with Crippen LogP contribution in [0.4, 0.5) is 8.78 Å². The SMILES string of the molecule is CC(=O)C(C)[S+](C)C.O=C(OCC12CC3CC(CC(C3)C1)C2)C(F)(F)SOO[O-]. The van der Waals surface area contributed by atoms with E-state index in [4.69, 9.17) is 4.74 Å². The number of carbonyl (C=O) groups is 2. The van der Waals surface area contributed by atoms with E-state index in [1.54, 1.807) is 6.92 Å². The fraction of sp³-hybridized carbons (Fsp3) is 0.895. The smallest absolute Gasteiger partial charge is 0.415 e. The van der Waals surface area contributed by atoms with Gasteiger partial charge in [-0.15, -0.1) is 0 Å². The number of alkyl halides is 2. The maximum Gasteiger partial charge on any atom is 0.415 e. The standard InChI is InChI=1S/C13H18F2O5S.C6H13OS/c14-13(15,21-20-19-17)11(16)18-7-12-4-8-1-9(5-12)3-10(2-8)6-12;1-5(7)6(2)8(3)4/h8-10,17H,1-7H2;6H,1-4H3/q;+1/p-1. The Bertz CT molecular complexity index is 552. The summed E-state index contributed by atoms with van der Waals surface area (Å²) in [5.41, 5.74) is -0.124. The number of halogens is 2. The molecular formula is C19H30F2O6S2. The summed E-state index contributed by atoms with van der Waals surface area (Å²) in [6.07, 6.45) is 10.8. The van der Waals surface area contributed by atoms with Crippen molar-refractivity contribution >= 4 is 34.7 Å². The highest BCUT2D eigenvalue weighted by Gasteiger charge is 2.52. The van der Waals surface area contributed by atoms with Gasteiger partial charge < -0.3 is 9.99 Å². The Balaban J connectivity index is 0.000000321. The third-order valence-electron chi connectivity index (χ3n) is 6.36. The van der Waals surface area contributed by atoms with Crippen molar-refractivity contribution in [2.24, 2.45) is 23.2 Å². The summed E-state index contributed by atoms with van der Waals surface area (Å²) < 4.78 is 35.0. The summed E-state index contributed by atoms with van der Waals surface area (Å²) in [6, 6.07) is 0. The molecule has 10 heteroatoms. The molecular weight excluding hydrogens is 426 g/mol. The highest BCUT2D eigenvalue weighted by molar-refractivity contribution is 7.96. The van der Waals surface area contributed by atoms with Crippen molar-refractivity contribution in [2.75, 3.05) is 19.1 Å². The Hall–Kier alpha value is -0.420. The number of carbonyl (C=O) groups excluding carboxylic acids is 2. The van der Waals surface area contributed by atoms with Crippen molar-refractivity contribution in [1.82, 2.24) is 0 Å². The molecule has 1 unspecified atom stereocenters. The quantitative estimate of drug-likeness (QED) is 0.182. The van der Waals surface area contributed by atoms with Crippen LogP contribution in [-0.2, 0) is 34.6 Å². The molecule has 4 aliphatic carbocycles. The lowest BCUT2D eigenvalue weighted by molar-refractivity contribution is -0.777. The van der Waals surface area contributed by atoms with Crippen LogP contribution < -0.4 is 5.26 Å². The largest absolute Gasteiger partial charge is 0.691 e. The van der Waals surface area contributed by atoms with Crippen molar-refractivity contribution in [2.45, 2.75) is 62.9 Å². The summed E-state index contributed by atoms with van der Waals surface area (Å²) in [5, 5.41) is 8.71. The van der Waals surface area contributed by atoms with Gasteiger partial charge in [0.25, 0.3) is 0 Å². The predicted molar refractivity (Wildman–Crippen MR) is 106 cm³/mol. The zero-order chi connectivity index (χ0) is 21.8. The highest BCUT2D eigenvalue weighted by Crippen LogP contribution is 2.60. The van der Waals surface area contributed by atoms with Crippen LogP contribution in [0.1, 0.15) is 52.4 Å². The van der Waals surface area contributed by atoms with E-state index in [1.165, 1.54) is 19.3 Å². The van der Waals surface area contributed by atoms with Gasteiger partial charge in [0.2, 0.25) is 0 Å². The summed E-state index contributed by atoms with van der Waals surface area (Å²) in [5.74, 6) is 0.588. The molecule has 4 fully saturated rings. The van der Waals surface area contributed by atoms with Crippen LogP contribution in [0.5, 0.6) is 0 Å². The molecule has 0 spiro atoms. The third kappa shape index (κ3) is 6.78. The Morgan fingerprint density at radius 1 is 1.17 bits per heavy atom. The maximum absolute atomic E-state index is 13.3. The Labute approximate surface area is 177 Å². The van der Waals surface area contributed by atoms with Crippen molar-refractivity contribution < 1.29 is 37.7 Å². The molecule has 0 saturated heterocycles. The topological polar surface area (TPSA) is 84.9 Å². The lowest BCUT2D eigenvalue weighted by Crippen LogP contribution is -2.49. The lowest BCUT2D eigenvalue weighted by atomic mass is 9.50. The van der Waals surface area contributed by atoms with Gasteiger partial charge in [0.15, 0.2) is 11.0 Å². The summed E-state index contributed by atoms with van der Waals surface area (Å²) >= 11 is -0.639. The fourth-order valence-electron chi connectivity index (χ4n) is 5.19. The molecule has 0 radical (unpaired) electrons. The minimum Gasteiger partial charge on any atom is -0.691 e. The number of hydrogen-bond donors (Lipinski definition) is 0. The summed E-state index contributed by atoms with van der Waals surface area (Å²) in [4.78, 5) is 22.0. The van der Waals surface area contributed by atoms with Crippen LogP contribution >= 0.6 is 12.0 Å². The molecule has 168 valence electrons. The number of ether oxygens (including phenoxy) is 1. The summed E-state index contributed by atoms with van der Waals surface area (Å²) in [6.45, 7) is 3.66. The average Bonchev–Trinajstić information content (AvgIpc) is 2.63. The first-order valence-corrected chi connectivity index (χ1v) is 12.6. The second kappa shape index (κ2) is 10.3. The van der Waals surface area contributed by atoms with Crippen LogP contribution in [0, 0.1) is 23.2 Å². The van der Waals surface area contributed by atoms with Gasteiger partial charge in [-0.3, -0.25) is 9.83 Å². The summed E-state index contributed by atoms with van der Waals surface area (Å²) in [7, 11) is 0.260. The molecule has 0 amide bonds. The zero-order valence-electron chi connectivity index (χ0n) is 17.3. The lowest BCUT2D eigenvalue weighted by Gasteiger charge is -2.56. The van der Waals surface area contributed by atoms with Gasteiger partial charge in [0, 0.05) is 5.41 Å². The van der Waals surface area contributed by atoms with E-state index in [9.17, 15) is 23.6 Å². The van der Waals surface area contributed by atoms with E-state index < -0.39 is 23.3 Å². The highest BCUT2D eigenvalue weighted by atomic mass is 32.2. The van der Waals surface area contributed by atoms with Crippen LogP contribution in [0.15, 0.2) is 0 Å². The first-order chi connectivity index (χ1) is 13.5. The molecule has 4 rings (SSSR count). The second-order valence-corrected chi connectivity index (χ2v) is 12.1. The van der Waals surface area contributed by atoms with Gasteiger partial charge in [-0.2, -0.15) is 13.1 Å². The van der Waals surface area contributed by atoms with Crippen LogP contribution in [0.3, 0.4) is 0 Å². The molecule has 4 aliphatic rings. The molecule has 0 N–H and O–H groups in total. The van der Waals surface area contributed by atoms with Gasteiger partial charge in [-0.1, -0.05) is 0 Å². The molecule has 6 nitrogen and oxygen atoms in total. The first kappa shape index (κ1) is 24.8. The average molecular weight is 457 g/mol. The molecule has 4 saturated carbocycles. The minimum atomic E-state index is -3.94. The van der Waals surface area contributed by atoms with E-state index in [2.05, 4.69) is 21.9 Å². The fourth-order valence-corrected chi connectivity index (χ4v) is 6.10. The number of esters is 1. The van der Waals surface area contributed by atoms with Crippen molar-refractivity contribution in [3.05, 3.63) is 0 Å². The van der Waals surface area contributed by atoms with E-state index in [0.717, 1.165) is 19.3 Å². The van der Waals surface area contributed by atoms with Gasteiger partial charge >= 0.3 is 11.2 Å². The molecule has 0 heterocycles. The van der Waals surface area contributed by atoms with E-state index in [-0.39, 0.29) is 28.2 Å². The van der Waals surface area contributed by atoms with Crippen molar-refractivity contribution in [3.8, 4) is 0 Å². The molecule has 4 bridgehead atoms. The second-order valence-electron chi connectivity index (χ2n) is 8.86. The van der Waals surface area contributed by atoms with Crippen molar-refractivity contribution in [3.63, 3.8) is 0 Å². The molecule has 29 heavy (non-hydrogen) atoms. The Morgan fingerprint density at radius 3 is 2.00 bits per heavy atom. The van der Waals surface area contributed by atoms with Gasteiger partial charge in [0.05, 0.1) is 19.1 Å². The van der Waals surface area contributed by atoms with Crippen LogP contribution in [0.25, 0.3) is 0 Å². The molecule has 0 aliphatic heterocycles. The van der Waals surface area contributed by atoms with Crippen molar-refractivity contribution in [1.29, 1.82) is 0 Å². The maximum atomic E-state index is 13.3. The molecule has 0 aromatic carbocycles. The van der Waals surface area contributed by atoms with E-state index in [1.807, 2.05) is 6.92 Å². The van der Waals surface area contributed by atoms with Gasteiger partial charge in [-0.05, 0) is 81.0 Å². The molecule has 0 aromatic rings. The zero-order valence-corrected chi connectivity index (χ0v) is 18.9. The predicted octanol–water partition coefficient (Wildman–Crippen LogP) is 3.05. The minimum absolute atomic E-state index is 0.0315. The third-order valence-corrected chi connectivity index (χ3v) is 8.60. The number of Topliss-reactive ketones (excluding diaryl/α,β-unsaturated/α-hetero) is 1.